The third-order valence-electron chi connectivity index (χ3n) is 3.37. The molecule has 3 rings (SSSR count). The molecule has 1 aromatic rings. The lowest BCUT2D eigenvalue weighted by molar-refractivity contribution is -0.0495. The van der Waals surface area contributed by atoms with Crippen LogP contribution in [0.4, 0.5) is 0 Å². The molecule has 1 saturated carbocycles. The van der Waals surface area contributed by atoms with Gasteiger partial charge in [-0.3, -0.25) is 0 Å². The van der Waals surface area contributed by atoms with E-state index in [1.807, 2.05) is 30.3 Å². The Kier molecular flexibility index (Phi) is 1.77. The summed E-state index contributed by atoms with van der Waals surface area (Å²) in [5, 5.41) is 3.33. The van der Waals surface area contributed by atoms with E-state index >= 15 is 0 Å². The van der Waals surface area contributed by atoms with Crippen molar-refractivity contribution < 1.29 is 4.74 Å². The molecule has 0 aromatic heterocycles. The summed E-state index contributed by atoms with van der Waals surface area (Å²) < 4.78 is 5.85. The number of para-hydroxylation sites is 1. The Morgan fingerprint density at radius 2 is 1.86 bits per heavy atom. The fourth-order valence-electron chi connectivity index (χ4n) is 2.45. The fourth-order valence-corrected chi connectivity index (χ4v) is 2.45. The van der Waals surface area contributed by atoms with Crippen molar-refractivity contribution in [2.24, 2.45) is 5.41 Å². The van der Waals surface area contributed by atoms with Crippen molar-refractivity contribution in [2.75, 3.05) is 13.1 Å². The summed E-state index contributed by atoms with van der Waals surface area (Å²) in [6.07, 6.45) is 2.92. The summed E-state index contributed by atoms with van der Waals surface area (Å²) in [5.74, 6) is 1.01. The first-order chi connectivity index (χ1) is 6.86. The van der Waals surface area contributed by atoms with Crippen molar-refractivity contribution in [2.45, 2.75) is 18.9 Å². The van der Waals surface area contributed by atoms with Crippen LogP contribution in [0.25, 0.3) is 0 Å². The highest BCUT2D eigenvalue weighted by atomic mass is 16.5. The number of nitrogens with one attached hydrogen (secondary N) is 1. The Morgan fingerprint density at radius 1 is 1.14 bits per heavy atom. The molecular weight excluding hydrogens is 174 g/mol. The number of rotatable bonds is 2. The van der Waals surface area contributed by atoms with Gasteiger partial charge in [-0.25, -0.2) is 0 Å². The molecular formula is C12H15NO. The molecule has 1 saturated heterocycles. The predicted molar refractivity (Wildman–Crippen MR) is 55.4 cm³/mol. The predicted octanol–water partition coefficient (Wildman–Crippen LogP) is 1.82. The summed E-state index contributed by atoms with van der Waals surface area (Å²) in [6.45, 7) is 2.39. The molecule has 1 aliphatic heterocycles. The van der Waals surface area contributed by atoms with Crippen LogP contribution >= 0.6 is 0 Å². The first-order valence-corrected chi connectivity index (χ1v) is 5.29. The number of benzene rings is 1. The maximum absolute atomic E-state index is 5.85. The molecule has 2 heteroatoms. The summed E-state index contributed by atoms with van der Waals surface area (Å²) in [5.41, 5.74) is 0.611. The van der Waals surface area contributed by atoms with Crippen LogP contribution in [0, 0.1) is 5.41 Å². The van der Waals surface area contributed by atoms with Crippen LogP contribution in [-0.4, -0.2) is 19.2 Å². The zero-order valence-corrected chi connectivity index (χ0v) is 8.20. The van der Waals surface area contributed by atoms with E-state index < -0.39 is 0 Å². The monoisotopic (exact) mass is 189 g/mol. The molecule has 2 nitrogen and oxygen atoms in total. The summed E-state index contributed by atoms with van der Waals surface area (Å²) >= 11 is 0. The lowest BCUT2D eigenvalue weighted by atomic mass is 9.63. The minimum atomic E-state index is 0.458. The Morgan fingerprint density at radius 3 is 2.43 bits per heavy atom. The molecule has 0 amide bonds. The van der Waals surface area contributed by atoms with Crippen LogP contribution in [0.15, 0.2) is 30.3 Å². The van der Waals surface area contributed by atoms with Gasteiger partial charge < -0.3 is 10.1 Å². The van der Waals surface area contributed by atoms with E-state index in [1.165, 1.54) is 25.9 Å². The van der Waals surface area contributed by atoms with Crippen molar-refractivity contribution in [3.05, 3.63) is 30.3 Å². The van der Waals surface area contributed by atoms with Crippen LogP contribution < -0.4 is 10.1 Å². The SMILES string of the molecule is c1ccc(OC2CC3(CNC3)C2)cc1. The zero-order valence-electron chi connectivity index (χ0n) is 8.20. The average Bonchev–Trinajstić information content (AvgIpc) is 2.09. The zero-order chi connectivity index (χ0) is 9.43. The van der Waals surface area contributed by atoms with Gasteiger partial charge in [-0.05, 0) is 25.0 Å². The molecule has 14 heavy (non-hydrogen) atoms. The maximum atomic E-state index is 5.85. The van der Waals surface area contributed by atoms with Gasteiger partial charge in [0, 0.05) is 18.5 Å². The molecule has 1 aromatic carbocycles. The lowest BCUT2D eigenvalue weighted by Crippen LogP contribution is -2.62. The molecule has 1 heterocycles. The Balaban J connectivity index is 1.56. The van der Waals surface area contributed by atoms with Gasteiger partial charge in [0.15, 0.2) is 0 Å². The molecule has 0 unspecified atom stereocenters. The van der Waals surface area contributed by atoms with E-state index in [0.29, 0.717) is 11.5 Å². The van der Waals surface area contributed by atoms with Gasteiger partial charge in [0.25, 0.3) is 0 Å². The van der Waals surface area contributed by atoms with Gasteiger partial charge in [0.05, 0.1) is 6.10 Å². The van der Waals surface area contributed by atoms with E-state index in [-0.39, 0.29) is 0 Å². The van der Waals surface area contributed by atoms with Gasteiger partial charge in [0.1, 0.15) is 5.75 Å². The van der Waals surface area contributed by atoms with E-state index in [1.54, 1.807) is 0 Å². The van der Waals surface area contributed by atoms with Gasteiger partial charge in [-0.15, -0.1) is 0 Å². The average molecular weight is 189 g/mol. The van der Waals surface area contributed by atoms with Gasteiger partial charge in [-0.1, -0.05) is 18.2 Å². The number of ether oxygens (including phenoxy) is 1. The van der Waals surface area contributed by atoms with Crippen LogP contribution in [0.1, 0.15) is 12.8 Å². The lowest BCUT2D eigenvalue weighted by Gasteiger charge is -2.53. The smallest absolute Gasteiger partial charge is 0.119 e. The number of hydrogen-bond acceptors (Lipinski definition) is 2. The van der Waals surface area contributed by atoms with E-state index in [9.17, 15) is 0 Å². The maximum Gasteiger partial charge on any atom is 0.119 e. The topological polar surface area (TPSA) is 21.3 Å². The van der Waals surface area contributed by atoms with Gasteiger partial charge in [0.2, 0.25) is 0 Å². The Bertz CT molecular complexity index is 310. The second-order valence-corrected chi connectivity index (χ2v) is 4.56. The molecule has 74 valence electrons. The first kappa shape index (κ1) is 8.30. The van der Waals surface area contributed by atoms with Gasteiger partial charge in [-0.2, -0.15) is 0 Å². The highest BCUT2D eigenvalue weighted by Crippen LogP contribution is 2.45. The van der Waals surface area contributed by atoms with E-state index in [4.69, 9.17) is 4.74 Å². The molecule has 0 atom stereocenters. The van der Waals surface area contributed by atoms with Crippen LogP contribution in [-0.2, 0) is 0 Å². The third-order valence-corrected chi connectivity index (χ3v) is 3.37. The van der Waals surface area contributed by atoms with Crippen molar-refractivity contribution in [1.29, 1.82) is 0 Å². The summed E-state index contributed by atoms with van der Waals surface area (Å²) in [4.78, 5) is 0. The molecule has 1 spiro atoms. The molecule has 2 fully saturated rings. The molecule has 1 N–H and O–H groups in total. The van der Waals surface area contributed by atoms with Crippen LogP contribution in [0.5, 0.6) is 5.75 Å². The Hall–Kier alpha value is -1.02. The van der Waals surface area contributed by atoms with Crippen molar-refractivity contribution >= 4 is 0 Å². The summed E-state index contributed by atoms with van der Waals surface area (Å²) in [7, 11) is 0. The van der Waals surface area contributed by atoms with Crippen LogP contribution in [0.2, 0.25) is 0 Å². The first-order valence-electron chi connectivity index (χ1n) is 5.29. The third kappa shape index (κ3) is 1.30. The summed E-state index contributed by atoms with van der Waals surface area (Å²) in [6, 6.07) is 10.1. The van der Waals surface area contributed by atoms with Crippen molar-refractivity contribution in [3.63, 3.8) is 0 Å². The largest absolute Gasteiger partial charge is 0.490 e. The second kappa shape index (κ2) is 2.99. The van der Waals surface area contributed by atoms with Gasteiger partial charge >= 0.3 is 0 Å². The van der Waals surface area contributed by atoms with E-state index in [0.717, 1.165) is 5.75 Å². The highest BCUT2D eigenvalue weighted by molar-refractivity contribution is 5.22. The van der Waals surface area contributed by atoms with Crippen molar-refractivity contribution in [3.8, 4) is 5.75 Å². The molecule has 2 aliphatic rings. The number of hydrogen-bond donors (Lipinski definition) is 1. The van der Waals surface area contributed by atoms with E-state index in [2.05, 4.69) is 5.32 Å². The molecule has 0 radical (unpaired) electrons. The quantitative estimate of drug-likeness (QED) is 0.766. The minimum absolute atomic E-state index is 0.458. The van der Waals surface area contributed by atoms with Crippen molar-refractivity contribution in [1.82, 2.24) is 5.32 Å². The normalized spacial score (nSPS) is 24.0. The standard InChI is InChI=1S/C12H15NO/c1-2-4-10(5-3-1)14-11-6-12(7-11)8-13-9-12/h1-5,11,13H,6-9H2. The molecule has 0 bridgehead atoms. The minimum Gasteiger partial charge on any atom is -0.490 e. The second-order valence-electron chi connectivity index (χ2n) is 4.56. The highest BCUT2D eigenvalue weighted by Gasteiger charge is 2.49. The fraction of sp³-hybridized carbons (Fsp3) is 0.500. The van der Waals surface area contributed by atoms with Crippen LogP contribution in [0.3, 0.4) is 0 Å². The Labute approximate surface area is 84.3 Å². The molecule has 1 aliphatic carbocycles.